The number of aryl methyl sites for hydroxylation is 3. The van der Waals surface area contributed by atoms with Crippen LogP contribution in [0.15, 0.2) is 12.1 Å². The number of carboxylic acids is 1. The Hall–Kier alpha value is -2.37. The molecule has 2 atom stereocenters. The van der Waals surface area contributed by atoms with Crippen LogP contribution >= 0.6 is 0 Å². The number of anilines is 1. The van der Waals surface area contributed by atoms with Crippen LogP contribution in [0, 0.1) is 32.6 Å². The predicted octanol–water partition coefficient (Wildman–Crippen LogP) is 1.90. The Kier molecular flexibility index (Phi) is 4.54. The van der Waals surface area contributed by atoms with Gasteiger partial charge in [0.2, 0.25) is 11.8 Å². The summed E-state index contributed by atoms with van der Waals surface area (Å²) in [6, 6.07) is 4.09. The number of hydrogen-bond acceptors (Lipinski definition) is 3. The van der Waals surface area contributed by atoms with Crippen molar-refractivity contribution in [3.63, 3.8) is 0 Å². The number of carboxylic acid groups (broad SMARTS) is 1. The van der Waals surface area contributed by atoms with Gasteiger partial charge in [0.25, 0.3) is 0 Å². The van der Waals surface area contributed by atoms with Gasteiger partial charge < -0.3 is 14.9 Å². The van der Waals surface area contributed by atoms with Gasteiger partial charge in [-0.2, -0.15) is 0 Å². The Balaban J connectivity index is 1.75. The van der Waals surface area contributed by atoms with E-state index in [9.17, 15) is 14.4 Å². The molecule has 0 spiro atoms. The molecular weight excluding hydrogens is 320 g/mol. The number of hydrogen-bond donors (Lipinski definition) is 1. The fraction of sp³-hybridized carbons (Fsp3) is 0.526. The maximum atomic E-state index is 12.7. The molecule has 6 nitrogen and oxygen atoms in total. The largest absolute Gasteiger partial charge is 0.481 e. The number of amides is 2. The molecule has 0 aromatic heterocycles. The summed E-state index contributed by atoms with van der Waals surface area (Å²) in [6.45, 7) is 7.07. The number of rotatable bonds is 3. The molecule has 2 aliphatic heterocycles. The third kappa shape index (κ3) is 3.25. The first-order valence-corrected chi connectivity index (χ1v) is 8.67. The van der Waals surface area contributed by atoms with E-state index in [-0.39, 0.29) is 30.7 Å². The topological polar surface area (TPSA) is 77.9 Å². The zero-order valence-electron chi connectivity index (χ0n) is 14.9. The molecule has 2 aliphatic rings. The van der Waals surface area contributed by atoms with Gasteiger partial charge in [-0.15, -0.1) is 0 Å². The van der Waals surface area contributed by atoms with Gasteiger partial charge in [-0.25, -0.2) is 0 Å². The van der Waals surface area contributed by atoms with Gasteiger partial charge in [0, 0.05) is 31.7 Å². The molecule has 2 fully saturated rings. The van der Waals surface area contributed by atoms with Crippen LogP contribution in [0.3, 0.4) is 0 Å². The number of benzene rings is 1. The molecular formula is C19H24N2O4. The van der Waals surface area contributed by atoms with Crippen LogP contribution in [-0.2, 0) is 14.4 Å². The number of nitrogens with zero attached hydrogens (tertiary/aromatic N) is 2. The molecule has 3 rings (SSSR count). The zero-order chi connectivity index (χ0) is 18.3. The van der Waals surface area contributed by atoms with Crippen LogP contribution in [0.4, 0.5) is 5.69 Å². The lowest BCUT2D eigenvalue weighted by Gasteiger charge is -2.23. The summed E-state index contributed by atoms with van der Waals surface area (Å²) in [5.74, 6) is -1.87. The van der Waals surface area contributed by atoms with Crippen molar-refractivity contribution in [1.82, 2.24) is 4.90 Å². The summed E-state index contributed by atoms with van der Waals surface area (Å²) in [5.41, 5.74) is 4.11. The lowest BCUT2D eigenvalue weighted by atomic mass is 10.0. The molecule has 25 heavy (non-hydrogen) atoms. The van der Waals surface area contributed by atoms with Gasteiger partial charge in [0.15, 0.2) is 0 Å². The SMILES string of the molecule is Cc1cc(C)c(N2C[C@H](C(=O)N3CC[C@@H](C(=O)O)C3)CC2=O)c(C)c1. The molecule has 0 bridgehead atoms. The van der Waals surface area contributed by atoms with Crippen molar-refractivity contribution in [3.05, 3.63) is 28.8 Å². The van der Waals surface area contributed by atoms with E-state index in [4.69, 9.17) is 5.11 Å². The minimum absolute atomic E-state index is 0.0395. The molecule has 0 radical (unpaired) electrons. The van der Waals surface area contributed by atoms with Crippen molar-refractivity contribution in [2.45, 2.75) is 33.6 Å². The molecule has 6 heteroatoms. The fourth-order valence-corrected chi connectivity index (χ4v) is 4.11. The van der Waals surface area contributed by atoms with Crippen LogP contribution in [-0.4, -0.2) is 47.4 Å². The number of carbonyl (C=O) groups is 3. The molecule has 2 saturated heterocycles. The van der Waals surface area contributed by atoms with E-state index < -0.39 is 11.9 Å². The zero-order valence-corrected chi connectivity index (χ0v) is 14.9. The third-order valence-electron chi connectivity index (χ3n) is 5.23. The maximum Gasteiger partial charge on any atom is 0.308 e. The van der Waals surface area contributed by atoms with E-state index in [2.05, 4.69) is 0 Å². The van der Waals surface area contributed by atoms with E-state index in [1.54, 1.807) is 9.80 Å². The molecule has 1 aromatic carbocycles. The van der Waals surface area contributed by atoms with E-state index in [1.165, 1.54) is 0 Å². The first-order valence-electron chi connectivity index (χ1n) is 8.67. The summed E-state index contributed by atoms with van der Waals surface area (Å²) in [7, 11) is 0. The monoisotopic (exact) mass is 344 g/mol. The minimum Gasteiger partial charge on any atom is -0.481 e. The lowest BCUT2D eigenvalue weighted by molar-refractivity contribution is -0.141. The number of carbonyl (C=O) groups excluding carboxylic acids is 2. The first-order chi connectivity index (χ1) is 11.8. The van der Waals surface area contributed by atoms with Crippen molar-refractivity contribution in [1.29, 1.82) is 0 Å². The Labute approximate surface area is 147 Å². The first kappa shape index (κ1) is 17.5. The van der Waals surface area contributed by atoms with Crippen LogP contribution in [0.1, 0.15) is 29.5 Å². The number of likely N-dealkylation sites (tertiary alicyclic amines) is 1. The van der Waals surface area contributed by atoms with Gasteiger partial charge in [-0.1, -0.05) is 17.7 Å². The average Bonchev–Trinajstić information content (AvgIpc) is 3.13. The fourth-order valence-electron chi connectivity index (χ4n) is 4.11. The Morgan fingerprint density at radius 1 is 1.08 bits per heavy atom. The van der Waals surface area contributed by atoms with Gasteiger partial charge in [0.05, 0.1) is 11.8 Å². The van der Waals surface area contributed by atoms with Gasteiger partial charge in [-0.05, 0) is 38.3 Å². The van der Waals surface area contributed by atoms with Gasteiger partial charge >= 0.3 is 5.97 Å². The van der Waals surface area contributed by atoms with Crippen LogP contribution in [0.5, 0.6) is 0 Å². The lowest BCUT2D eigenvalue weighted by Crippen LogP contribution is -2.36. The Bertz CT molecular complexity index is 720. The van der Waals surface area contributed by atoms with Gasteiger partial charge in [-0.3, -0.25) is 14.4 Å². The normalized spacial score (nSPS) is 23.4. The molecule has 2 heterocycles. The van der Waals surface area contributed by atoms with Crippen LogP contribution in [0.2, 0.25) is 0 Å². The minimum atomic E-state index is -0.856. The highest BCUT2D eigenvalue weighted by Gasteiger charge is 2.40. The second kappa shape index (κ2) is 6.50. The molecule has 134 valence electrons. The Morgan fingerprint density at radius 2 is 1.72 bits per heavy atom. The van der Waals surface area contributed by atoms with E-state index in [0.717, 1.165) is 22.4 Å². The predicted molar refractivity (Wildman–Crippen MR) is 93.4 cm³/mol. The molecule has 0 saturated carbocycles. The summed E-state index contributed by atoms with van der Waals surface area (Å²) < 4.78 is 0. The quantitative estimate of drug-likeness (QED) is 0.908. The maximum absolute atomic E-state index is 12.7. The molecule has 1 aromatic rings. The average molecular weight is 344 g/mol. The Morgan fingerprint density at radius 3 is 2.28 bits per heavy atom. The van der Waals surface area contributed by atoms with E-state index >= 15 is 0 Å². The smallest absolute Gasteiger partial charge is 0.308 e. The second-order valence-electron chi connectivity index (χ2n) is 7.26. The van der Waals surface area contributed by atoms with E-state index in [0.29, 0.717) is 19.5 Å². The molecule has 1 N–H and O–H groups in total. The number of aliphatic carboxylic acids is 1. The highest BCUT2D eigenvalue weighted by molar-refractivity contribution is 6.01. The summed E-state index contributed by atoms with van der Waals surface area (Å²) in [6.07, 6.45) is 0.682. The van der Waals surface area contributed by atoms with Crippen molar-refractivity contribution >= 4 is 23.5 Å². The standard InChI is InChI=1S/C19H24N2O4/c1-11-6-12(2)17(13(3)7-11)21-10-15(8-16(21)22)18(23)20-5-4-14(9-20)19(24)25/h6-7,14-15H,4-5,8-10H2,1-3H3,(H,24,25)/t14-,15-/m1/s1. The van der Waals surface area contributed by atoms with Crippen molar-refractivity contribution < 1.29 is 19.5 Å². The van der Waals surface area contributed by atoms with E-state index in [1.807, 2.05) is 32.9 Å². The molecule has 0 aliphatic carbocycles. The highest BCUT2D eigenvalue weighted by atomic mass is 16.4. The van der Waals surface area contributed by atoms with Crippen molar-refractivity contribution in [2.24, 2.45) is 11.8 Å². The highest BCUT2D eigenvalue weighted by Crippen LogP contribution is 2.33. The van der Waals surface area contributed by atoms with Crippen LogP contribution < -0.4 is 4.90 Å². The van der Waals surface area contributed by atoms with Gasteiger partial charge in [0.1, 0.15) is 0 Å². The van der Waals surface area contributed by atoms with Crippen molar-refractivity contribution in [2.75, 3.05) is 24.5 Å². The summed E-state index contributed by atoms with van der Waals surface area (Å²) in [5, 5.41) is 9.09. The van der Waals surface area contributed by atoms with Crippen molar-refractivity contribution in [3.8, 4) is 0 Å². The summed E-state index contributed by atoms with van der Waals surface area (Å²) >= 11 is 0. The second-order valence-corrected chi connectivity index (χ2v) is 7.26. The van der Waals surface area contributed by atoms with Crippen LogP contribution in [0.25, 0.3) is 0 Å². The molecule has 0 unspecified atom stereocenters. The summed E-state index contributed by atoms with van der Waals surface area (Å²) in [4.78, 5) is 39.7. The molecule has 2 amide bonds. The third-order valence-corrected chi connectivity index (χ3v) is 5.23.